The predicted molar refractivity (Wildman–Crippen MR) is 56.1 cm³/mol. The molecule has 0 fully saturated rings. The molecular weight excluding hydrogens is 182 g/mol. The third kappa shape index (κ3) is 5.54. The first kappa shape index (κ1) is 13.8. The van der Waals surface area contributed by atoms with Gasteiger partial charge in [-0.25, -0.2) is 0 Å². The summed E-state index contributed by atoms with van der Waals surface area (Å²) in [6.07, 6.45) is 0.885. The summed E-state index contributed by atoms with van der Waals surface area (Å²) in [5.41, 5.74) is 0. The molecule has 1 unspecified atom stereocenters. The zero-order valence-corrected chi connectivity index (χ0v) is 9.19. The fourth-order valence-corrected chi connectivity index (χ4v) is 1.62. The molecule has 0 radical (unpaired) electrons. The highest BCUT2D eigenvalue weighted by molar-refractivity contribution is 4.72. The van der Waals surface area contributed by atoms with Crippen LogP contribution in [0.5, 0.6) is 0 Å². The Balaban J connectivity index is 4.10. The van der Waals surface area contributed by atoms with Crippen molar-refractivity contribution in [3.63, 3.8) is 0 Å². The van der Waals surface area contributed by atoms with Crippen LogP contribution in [0.3, 0.4) is 0 Å². The Morgan fingerprint density at radius 1 is 1.00 bits per heavy atom. The van der Waals surface area contributed by atoms with E-state index in [-0.39, 0.29) is 25.9 Å². The van der Waals surface area contributed by atoms with E-state index in [1.165, 1.54) is 0 Å². The van der Waals surface area contributed by atoms with E-state index < -0.39 is 0 Å². The minimum Gasteiger partial charge on any atom is -0.395 e. The van der Waals surface area contributed by atoms with E-state index in [0.29, 0.717) is 19.0 Å². The quantitative estimate of drug-likeness (QED) is 0.508. The normalized spacial score (nSPS) is 13.9. The number of aliphatic hydroxyl groups is 3. The lowest BCUT2D eigenvalue weighted by Crippen LogP contribution is -2.42. The largest absolute Gasteiger partial charge is 0.395 e. The van der Waals surface area contributed by atoms with Crippen LogP contribution >= 0.6 is 0 Å². The fourth-order valence-electron chi connectivity index (χ4n) is 1.62. The molecule has 0 rings (SSSR count). The van der Waals surface area contributed by atoms with Crippen molar-refractivity contribution in [1.82, 2.24) is 4.90 Å². The molecule has 0 bridgehead atoms. The highest BCUT2D eigenvalue weighted by atomic mass is 16.3. The Morgan fingerprint density at radius 2 is 1.50 bits per heavy atom. The Kier molecular flexibility index (Phi) is 8.08. The topological polar surface area (TPSA) is 63.9 Å². The molecule has 0 heterocycles. The van der Waals surface area contributed by atoms with E-state index in [1.807, 2.05) is 4.90 Å². The zero-order chi connectivity index (χ0) is 11.0. The highest BCUT2D eigenvalue weighted by Gasteiger charge is 2.17. The Bertz CT molecular complexity index is 125. The first-order chi connectivity index (χ1) is 6.65. The van der Waals surface area contributed by atoms with Gasteiger partial charge < -0.3 is 15.3 Å². The smallest absolute Gasteiger partial charge is 0.0587 e. The van der Waals surface area contributed by atoms with Crippen LogP contribution in [0.15, 0.2) is 0 Å². The van der Waals surface area contributed by atoms with Gasteiger partial charge in [0.05, 0.1) is 19.8 Å². The van der Waals surface area contributed by atoms with Gasteiger partial charge in [-0.1, -0.05) is 13.8 Å². The van der Waals surface area contributed by atoms with Gasteiger partial charge in [-0.05, 0) is 12.3 Å². The van der Waals surface area contributed by atoms with Gasteiger partial charge in [0, 0.05) is 19.1 Å². The number of hydrogen-bond acceptors (Lipinski definition) is 4. The average Bonchev–Trinajstić information content (AvgIpc) is 2.13. The molecule has 0 aliphatic heterocycles. The SMILES string of the molecule is CC(C)CC(CO)N(CCO)CCO. The molecule has 4 heteroatoms. The molecule has 0 saturated carbocycles. The third-order valence-corrected chi connectivity index (χ3v) is 2.25. The first-order valence-electron chi connectivity index (χ1n) is 5.22. The number of aliphatic hydroxyl groups excluding tert-OH is 3. The molecule has 0 aliphatic rings. The Hall–Kier alpha value is -0.160. The summed E-state index contributed by atoms with van der Waals surface area (Å²) < 4.78 is 0. The van der Waals surface area contributed by atoms with E-state index in [9.17, 15) is 5.11 Å². The van der Waals surface area contributed by atoms with Crippen molar-refractivity contribution in [2.24, 2.45) is 5.92 Å². The second-order valence-corrected chi connectivity index (χ2v) is 3.95. The van der Waals surface area contributed by atoms with Gasteiger partial charge in [0.25, 0.3) is 0 Å². The monoisotopic (exact) mass is 205 g/mol. The van der Waals surface area contributed by atoms with Gasteiger partial charge in [0.15, 0.2) is 0 Å². The number of nitrogens with zero attached hydrogens (tertiary/aromatic N) is 1. The summed E-state index contributed by atoms with van der Waals surface area (Å²) in [5.74, 6) is 0.507. The summed E-state index contributed by atoms with van der Waals surface area (Å²) in [7, 11) is 0. The molecule has 3 N–H and O–H groups in total. The molecule has 1 atom stereocenters. The van der Waals surface area contributed by atoms with Gasteiger partial charge in [-0.15, -0.1) is 0 Å². The van der Waals surface area contributed by atoms with Crippen LogP contribution in [0.4, 0.5) is 0 Å². The Morgan fingerprint density at radius 3 is 1.79 bits per heavy atom. The van der Waals surface area contributed by atoms with E-state index in [4.69, 9.17) is 10.2 Å². The van der Waals surface area contributed by atoms with E-state index in [1.54, 1.807) is 0 Å². The first-order valence-corrected chi connectivity index (χ1v) is 5.22. The molecular formula is C10H23NO3. The lowest BCUT2D eigenvalue weighted by atomic mass is 10.0. The van der Waals surface area contributed by atoms with Crippen LogP contribution in [0.25, 0.3) is 0 Å². The van der Waals surface area contributed by atoms with E-state index in [0.717, 1.165) is 6.42 Å². The second-order valence-electron chi connectivity index (χ2n) is 3.95. The highest BCUT2D eigenvalue weighted by Crippen LogP contribution is 2.10. The summed E-state index contributed by atoms with van der Waals surface area (Å²) >= 11 is 0. The fraction of sp³-hybridized carbons (Fsp3) is 1.00. The summed E-state index contributed by atoms with van der Waals surface area (Å²) in [4.78, 5) is 1.93. The molecule has 0 amide bonds. The lowest BCUT2D eigenvalue weighted by molar-refractivity contribution is 0.0730. The molecule has 4 nitrogen and oxygen atoms in total. The van der Waals surface area contributed by atoms with Gasteiger partial charge in [-0.2, -0.15) is 0 Å². The maximum Gasteiger partial charge on any atom is 0.0587 e. The van der Waals surface area contributed by atoms with Crippen molar-refractivity contribution in [3.8, 4) is 0 Å². The van der Waals surface area contributed by atoms with E-state index >= 15 is 0 Å². The predicted octanol–water partition coefficient (Wildman–Crippen LogP) is -0.320. The van der Waals surface area contributed by atoms with Crippen LogP contribution in [-0.4, -0.2) is 59.2 Å². The van der Waals surface area contributed by atoms with Crippen LogP contribution in [0.2, 0.25) is 0 Å². The number of rotatable bonds is 8. The molecule has 0 aromatic rings. The molecule has 14 heavy (non-hydrogen) atoms. The maximum absolute atomic E-state index is 9.19. The van der Waals surface area contributed by atoms with Crippen LogP contribution < -0.4 is 0 Å². The van der Waals surface area contributed by atoms with Crippen molar-refractivity contribution in [2.45, 2.75) is 26.3 Å². The molecule has 0 aliphatic carbocycles. The van der Waals surface area contributed by atoms with Crippen LogP contribution in [-0.2, 0) is 0 Å². The van der Waals surface area contributed by atoms with Crippen molar-refractivity contribution in [2.75, 3.05) is 32.9 Å². The van der Waals surface area contributed by atoms with Gasteiger partial charge in [-0.3, -0.25) is 4.90 Å². The molecule has 0 aromatic carbocycles. The summed E-state index contributed by atoms with van der Waals surface area (Å²) in [6.45, 7) is 5.43. The summed E-state index contributed by atoms with van der Waals surface area (Å²) in [6, 6.07) is 0.0503. The zero-order valence-electron chi connectivity index (χ0n) is 9.19. The standard InChI is InChI=1S/C10H23NO3/c1-9(2)7-10(8-14)11(3-5-12)4-6-13/h9-10,12-14H,3-8H2,1-2H3. The second kappa shape index (κ2) is 8.17. The minimum absolute atomic E-state index is 0.0503. The van der Waals surface area contributed by atoms with Gasteiger partial charge in [0.1, 0.15) is 0 Å². The van der Waals surface area contributed by atoms with E-state index in [2.05, 4.69) is 13.8 Å². The van der Waals surface area contributed by atoms with Crippen LogP contribution in [0, 0.1) is 5.92 Å². The lowest BCUT2D eigenvalue weighted by Gasteiger charge is -2.30. The van der Waals surface area contributed by atoms with Crippen molar-refractivity contribution in [1.29, 1.82) is 0 Å². The third-order valence-electron chi connectivity index (χ3n) is 2.25. The van der Waals surface area contributed by atoms with Gasteiger partial charge in [0.2, 0.25) is 0 Å². The molecule has 0 aromatic heterocycles. The molecule has 0 saturated heterocycles. The molecule has 0 spiro atoms. The van der Waals surface area contributed by atoms with Crippen molar-refractivity contribution in [3.05, 3.63) is 0 Å². The van der Waals surface area contributed by atoms with Gasteiger partial charge >= 0.3 is 0 Å². The average molecular weight is 205 g/mol. The number of hydrogen-bond donors (Lipinski definition) is 3. The Labute approximate surface area is 86.2 Å². The van der Waals surface area contributed by atoms with Crippen LogP contribution in [0.1, 0.15) is 20.3 Å². The molecule has 86 valence electrons. The van der Waals surface area contributed by atoms with Crippen molar-refractivity contribution < 1.29 is 15.3 Å². The maximum atomic E-state index is 9.19. The summed E-state index contributed by atoms with van der Waals surface area (Å²) in [5, 5.41) is 26.9. The van der Waals surface area contributed by atoms with Crippen molar-refractivity contribution >= 4 is 0 Å². The minimum atomic E-state index is 0.0503.